The van der Waals surface area contributed by atoms with Gasteiger partial charge in [0.25, 0.3) is 0 Å². The van der Waals surface area contributed by atoms with E-state index in [1.165, 1.54) is 20.3 Å². The van der Waals surface area contributed by atoms with Gasteiger partial charge in [-0.2, -0.15) is 0 Å². The van der Waals surface area contributed by atoms with Gasteiger partial charge < -0.3 is 79.1 Å². The largest absolute Gasteiger partial charge is 0.493 e. The first-order valence-electron chi connectivity index (χ1n) is 15.3. The zero-order valence-electron chi connectivity index (χ0n) is 26.2. The number of aliphatic hydroxyl groups excluding tert-OH is 9. The van der Waals surface area contributed by atoms with E-state index in [1.807, 2.05) is 6.07 Å². The highest BCUT2D eigenvalue weighted by Crippen LogP contribution is 2.52. The molecule has 0 aliphatic carbocycles. The molecule has 5 rings (SSSR count). The van der Waals surface area contributed by atoms with Crippen LogP contribution < -0.4 is 18.9 Å². The SMILES string of the molecule is COc1cc([C@@H]2Oc3c(OC)cc(C=CCO)cc3[C@H]2CO[C@@H]2O[C@H](CO)[C@@H](O)[C@H](O)[C@H]2O)ccc1O[C@@H]1O[C@H](CO)[C@@H](O)[C@H](O)[C@H]1O. The summed E-state index contributed by atoms with van der Waals surface area (Å²) >= 11 is 0. The smallest absolute Gasteiger partial charge is 0.229 e. The molecule has 16 nitrogen and oxygen atoms in total. The van der Waals surface area contributed by atoms with E-state index >= 15 is 0 Å². The van der Waals surface area contributed by atoms with E-state index in [1.54, 1.807) is 30.4 Å². The molecule has 48 heavy (non-hydrogen) atoms. The average molecular weight is 683 g/mol. The van der Waals surface area contributed by atoms with Gasteiger partial charge in [0.2, 0.25) is 6.29 Å². The normalized spacial score (nSPS) is 34.9. The summed E-state index contributed by atoms with van der Waals surface area (Å²) in [7, 11) is 2.85. The van der Waals surface area contributed by atoms with E-state index in [9.17, 15) is 46.0 Å². The Morgan fingerprint density at radius 1 is 0.708 bits per heavy atom. The van der Waals surface area contributed by atoms with Crippen molar-refractivity contribution in [3.8, 4) is 23.0 Å². The molecular formula is C32H42O16. The minimum absolute atomic E-state index is 0.101. The van der Waals surface area contributed by atoms with Crippen LogP contribution in [-0.2, 0) is 14.2 Å². The monoisotopic (exact) mass is 682 g/mol. The molecule has 0 spiro atoms. The number of rotatable bonds is 12. The topological polar surface area (TPSA) is 247 Å². The molecule has 0 unspecified atom stereocenters. The lowest BCUT2D eigenvalue weighted by Crippen LogP contribution is -2.60. The van der Waals surface area contributed by atoms with Gasteiger partial charge in [-0.15, -0.1) is 0 Å². The Kier molecular flexibility index (Phi) is 11.8. The third-order valence-electron chi connectivity index (χ3n) is 8.65. The predicted octanol–water partition coefficient (Wildman–Crippen LogP) is -2.08. The fraction of sp³-hybridized carbons (Fsp3) is 0.562. The van der Waals surface area contributed by atoms with Gasteiger partial charge in [0.15, 0.2) is 29.3 Å². The van der Waals surface area contributed by atoms with E-state index in [-0.39, 0.29) is 24.7 Å². The molecule has 0 saturated carbocycles. The Morgan fingerprint density at radius 2 is 1.33 bits per heavy atom. The summed E-state index contributed by atoms with van der Waals surface area (Å²) < 4.78 is 40.4. The molecular weight excluding hydrogens is 640 g/mol. The Balaban J connectivity index is 1.46. The van der Waals surface area contributed by atoms with Gasteiger partial charge in [-0.05, 0) is 35.4 Å². The van der Waals surface area contributed by atoms with Crippen LogP contribution in [0.2, 0.25) is 0 Å². The molecule has 12 atom stereocenters. The molecule has 0 bridgehead atoms. The number of aliphatic hydroxyl groups is 9. The maximum atomic E-state index is 10.6. The van der Waals surface area contributed by atoms with Crippen LogP contribution >= 0.6 is 0 Å². The summed E-state index contributed by atoms with van der Waals surface area (Å²) in [4.78, 5) is 0. The second-order valence-corrected chi connectivity index (χ2v) is 11.6. The third-order valence-corrected chi connectivity index (χ3v) is 8.65. The molecule has 16 heteroatoms. The van der Waals surface area contributed by atoms with E-state index in [2.05, 4.69) is 0 Å². The Labute approximate surface area is 275 Å². The molecule has 0 aromatic heterocycles. The molecule has 3 heterocycles. The number of methoxy groups -OCH3 is 2. The molecule has 0 amide bonds. The van der Waals surface area contributed by atoms with Gasteiger partial charge in [0.05, 0.1) is 46.6 Å². The first-order valence-corrected chi connectivity index (χ1v) is 15.3. The lowest BCUT2D eigenvalue weighted by atomic mass is 9.90. The standard InChI is InChI=1S/C32H42O16/c1-42-19-10-15(5-6-18(19)45-32-28(41)26(39)24(37)22(12-35)47-32)29-17(13-44-31-27(40)25(38)23(36)21(11-34)46-31)16-8-14(4-3-7-33)9-20(43-2)30(16)48-29/h3-6,8-10,17,21-29,31-41H,7,11-13H2,1-2H3/t17-,21-,22-,23-,24-,25+,26+,27-,28-,29+,31-,32-/m1/s1. The second kappa shape index (κ2) is 15.6. The van der Waals surface area contributed by atoms with Crippen LogP contribution in [0, 0.1) is 0 Å². The summed E-state index contributed by atoms with van der Waals surface area (Å²) in [5.41, 5.74) is 1.88. The van der Waals surface area contributed by atoms with Crippen molar-refractivity contribution in [1.82, 2.24) is 0 Å². The highest BCUT2D eigenvalue weighted by molar-refractivity contribution is 5.62. The van der Waals surface area contributed by atoms with Crippen LogP contribution in [0.3, 0.4) is 0 Å². The van der Waals surface area contributed by atoms with Gasteiger partial charge in [-0.1, -0.05) is 18.2 Å². The van der Waals surface area contributed by atoms with Crippen molar-refractivity contribution in [3.63, 3.8) is 0 Å². The van der Waals surface area contributed by atoms with Crippen molar-refractivity contribution in [2.24, 2.45) is 0 Å². The summed E-state index contributed by atoms with van der Waals surface area (Å²) in [5.74, 6) is 0.456. The van der Waals surface area contributed by atoms with Crippen LogP contribution in [0.1, 0.15) is 28.7 Å². The molecule has 9 N–H and O–H groups in total. The summed E-state index contributed by atoms with van der Waals surface area (Å²) in [5, 5.41) is 90.3. The van der Waals surface area contributed by atoms with E-state index < -0.39 is 86.6 Å². The van der Waals surface area contributed by atoms with Crippen molar-refractivity contribution in [2.75, 3.05) is 40.6 Å². The number of fused-ring (bicyclic) bond motifs is 1. The van der Waals surface area contributed by atoms with Crippen LogP contribution in [0.25, 0.3) is 6.08 Å². The third kappa shape index (κ3) is 7.11. The lowest BCUT2D eigenvalue weighted by Gasteiger charge is -2.40. The number of benzene rings is 2. The molecule has 2 aromatic rings. The van der Waals surface area contributed by atoms with Gasteiger partial charge in [0, 0.05) is 5.56 Å². The number of ether oxygens (including phenoxy) is 7. The van der Waals surface area contributed by atoms with Gasteiger partial charge >= 0.3 is 0 Å². The molecule has 2 aromatic carbocycles. The first-order chi connectivity index (χ1) is 23.1. The van der Waals surface area contributed by atoms with Crippen molar-refractivity contribution in [2.45, 2.75) is 73.4 Å². The fourth-order valence-corrected chi connectivity index (χ4v) is 5.99. The molecule has 3 aliphatic rings. The maximum Gasteiger partial charge on any atom is 0.229 e. The van der Waals surface area contributed by atoms with Crippen LogP contribution in [0.15, 0.2) is 36.4 Å². The first kappa shape index (κ1) is 36.2. The number of hydrogen-bond acceptors (Lipinski definition) is 16. The highest BCUT2D eigenvalue weighted by Gasteiger charge is 2.47. The minimum Gasteiger partial charge on any atom is -0.493 e. The second-order valence-electron chi connectivity index (χ2n) is 11.6. The highest BCUT2D eigenvalue weighted by atomic mass is 16.7. The zero-order chi connectivity index (χ0) is 34.7. The van der Waals surface area contributed by atoms with Gasteiger partial charge in [-0.25, -0.2) is 0 Å². The van der Waals surface area contributed by atoms with Crippen LogP contribution in [-0.4, -0.2) is 148 Å². The van der Waals surface area contributed by atoms with Crippen LogP contribution in [0.4, 0.5) is 0 Å². The lowest BCUT2D eigenvalue weighted by molar-refractivity contribution is -0.302. The van der Waals surface area contributed by atoms with E-state index in [0.717, 1.165) is 0 Å². The van der Waals surface area contributed by atoms with Gasteiger partial charge in [-0.3, -0.25) is 0 Å². The molecule has 2 saturated heterocycles. The molecule has 0 radical (unpaired) electrons. The van der Waals surface area contributed by atoms with E-state index in [0.29, 0.717) is 28.2 Å². The van der Waals surface area contributed by atoms with E-state index in [4.69, 9.17) is 33.2 Å². The zero-order valence-corrected chi connectivity index (χ0v) is 26.2. The summed E-state index contributed by atoms with van der Waals surface area (Å²) in [6.45, 7) is -1.60. The summed E-state index contributed by atoms with van der Waals surface area (Å²) in [6, 6.07) is 8.32. The molecule has 266 valence electrons. The Morgan fingerprint density at radius 3 is 1.94 bits per heavy atom. The van der Waals surface area contributed by atoms with Crippen molar-refractivity contribution < 1.29 is 79.1 Å². The fourth-order valence-electron chi connectivity index (χ4n) is 5.99. The molecule has 2 fully saturated rings. The summed E-state index contributed by atoms with van der Waals surface area (Å²) in [6.07, 6.45) is -12.4. The van der Waals surface area contributed by atoms with Crippen molar-refractivity contribution >= 4 is 6.08 Å². The maximum absolute atomic E-state index is 10.6. The quantitative estimate of drug-likeness (QED) is 0.117. The van der Waals surface area contributed by atoms with Crippen molar-refractivity contribution in [3.05, 3.63) is 53.1 Å². The molecule has 3 aliphatic heterocycles. The van der Waals surface area contributed by atoms with Gasteiger partial charge in [0.1, 0.15) is 54.9 Å². The van der Waals surface area contributed by atoms with Crippen molar-refractivity contribution in [1.29, 1.82) is 0 Å². The average Bonchev–Trinajstić information content (AvgIpc) is 3.47. The number of hydrogen-bond donors (Lipinski definition) is 9. The van der Waals surface area contributed by atoms with Crippen LogP contribution in [0.5, 0.6) is 23.0 Å². The Hall–Kier alpha value is -3.10. The predicted molar refractivity (Wildman–Crippen MR) is 162 cm³/mol. The Bertz CT molecular complexity index is 1400. The minimum atomic E-state index is -1.65.